The zero-order valence-electron chi connectivity index (χ0n) is 11.5. The van der Waals surface area contributed by atoms with E-state index in [0.29, 0.717) is 5.02 Å². The van der Waals surface area contributed by atoms with Crippen molar-refractivity contribution in [2.24, 2.45) is 0 Å². The number of ether oxygens (including phenoxy) is 2. The van der Waals surface area contributed by atoms with E-state index in [-0.39, 0.29) is 0 Å². The van der Waals surface area contributed by atoms with Crippen molar-refractivity contribution < 1.29 is 9.47 Å². The van der Waals surface area contributed by atoms with Gasteiger partial charge in [0, 0.05) is 44.4 Å². The first-order chi connectivity index (χ1) is 9.24. The number of hydrogen-bond acceptors (Lipinski definition) is 4. The van der Waals surface area contributed by atoms with Crippen LogP contribution in [0, 0.1) is 0 Å². The van der Waals surface area contributed by atoms with E-state index in [2.05, 4.69) is 10.2 Å². The fourth-order valence-electron chi connectivity index (χ4n) is 2.33. The summed E-state index contributed by atoms with van der Waals surface area (Å²) < 4.78 is 10.6. The largest absolute Gasteiger partial charge is 0.497 e. The van der Waals surface area contributed by atoms with Crippen LogP contribution in [0.1, 0.15) is 5.56 Å². The van der Waals surface area contributed by atoms with Crippen molar-refractivity contribution in [1.82, 2.24) is 10.2 Å². The summed E-state index contributed by atoms with van der Waals surface area (Å²) in [5.41, 5.74) is 1.06. The molecule has 4 nitrogen and oxygen atoms in total. The van der Waals surface area contributed by atoms with Gasteiger partial charge in [-0.1, -0.05) is 11.6 Å². The predicted molar refractivity (Wildman–Crippen MR) is 77.6 cm³/mol. The molecule has 5 heteroatoms. The van der Waals surface area contributed by atoms with Crippen molar-refractivity contribution in [2.75, 3.05) is 46.9 Å². The number of methoxy groups -OCH3 is 2. The Morgan fingerprint density at radius 1 is 1.21 bits per heavy atom. The molecule has 0 radical (unpaired) electrons. The highest BCUT2D eigenvalue weighted by Crippen LogP contribution is 2.32. The van der Waals surface area contributed by atoms with E-state index in [1.165, 1.54) is 0 Å². The molecule has 106 valence electrons. The lowest BCUT2D eigenvalue weighted by atomic mass is 10.1. The molecular formula is C14H21ClN2O2. The topological polar surface area (TPSA) is 33.7 Å². The molecule has 0 spiro atoms. The highest BCUT2D eigenvalue weighted by molar-refractivity contribution is 6.31. The number of benzene rings is 1. The molecule has 0 bridgehead atoms. The highest BCUT2D eigenvalue weighted by atomic mass is 35.5. The van der Waals surface area contributed by atoms with Crippen molar-refractivity contribution in [3.63, 3.8) is 0 Å². The molecule has 1 aromatic carbocycles. The summed E-state index contributed by atoms with van der Waals surface area (Å²) in [5, 5.41) is 4.07. The maximum atomic E-state index is 6.32. The van der Waals surface area contributed by atoms with Crippen molar-refractivity contribution in [2.45, 2.75) is 6.42 Å². The third kappa shape index (κ3) is 3.75. The van der Waals surface area contributed by atoms with E-state index in [4.69, 9.17) is 21.1 Å². The van der Waals surface area contributed by atoms with Crippen LogP contribution in [0.2, 0.25) is 5.02 Å². The monoisotopic (exact) mass is 284 g/mol. The van der Waals surface area contributed by atoms with Crippen molar-refractivity contribution >= 4 is 11.6 Å². The molecule has 1 aromatic rings. The Morgan fingerprint density at radius 3 is 2.58 bits per heavy atom. The van der Waals surface area contributed by atoms with E-state index in [1.807, 2.05) is 12.1 Å². The van der Waals surface area contributed by atoms with Gasteiger partial charge in [-0.2, -0.15) is 0 Å². The van der Waals surface area contributed by atoms with Crippen LogP contribution in [0.4, 0.5) is 0 Å². The van der Waals surface area contributed by atoms with E-state index in [9.17, 15) is 0 Å². The maximum Gasteiger partial charge on any atom is 0.127 e. The molecule has 1 fully saturated rings. The van der Waals surface area contributed by atoms with Crippen LogP contribution in [0.15, 0.2) is 12.1 Å². The van der Waals surface area contributed by atoms with Gasteiger partial charge in [0.15, 0.2) is 0 Å². The minimum absolute atomic E-state index is 0.714. The van der Waals surface area contributed by atoms with Crippen LogP contribution < -0.4 is 14.8 Å². The van der Waals surface area contributed by atoms with Crippen LogP contribution in [0.3, 0.4) is 0 Å². The van der Waals surface area contributed by atoms with Crippen LogP contribution in [-0.2, 0) is 6.42 Å². The molecule has 0 amide bonds. The van der Waals surface area contributed by atoms with Gasteiger partial charge in [0.2, 0.25) is 0 Å². The SMILES string of the molecule is COc1cc(Cl)c(CCN2CCNCC2)c(OC)c1. The van der Waals surface area contributed by atoms with Crippen molar-refractivity contribution in [1.29, 1.82) is 0 Å². The minimum Gasteiger partial charge on any atom is -0.497 e. The third-order valence-corrected chi connectivity index (χ3v) is 3.81. The second-order valence-corrected chi connectivity index (χ2v) is 5.04. The van der Waals surface area contributed by atoms with Gasteiger partial charge >= 0.3 is 0 Å². The van der Waals surface area contributed by atoms with Gasteiger partial charge in [0.05, 0.1) is 19.2 Å². The van der Waals surface area contributed by atoms with Gasteiger partial charge in [-0.15, -0.1) is 0 Å². The first-order valence-corrected chi connectivity index (χ1v) is 6.96. The summed E-state index contributed by atoms with van der Waals surface area (Å²) in [5.74, 6) is 1.53. The molecule has 2 rings (SSSR count). The molecule has 0 aromatic heterocycles. The lowest BCUT2D eigenvalue weighted by molar-refractivity contribution is 0.243. The number of piperazine rings is 1. The fraction of sp³-hybridized carbons (Fsp3) is 0.571. The summed E-state index contributed by atoms with van der Waals surface area (Å²) in [6.45, 7) is 5.32. The smallest absolute Gasteiger partial charge is 0.127 e. The average Bonchev–Trinajstić information content (AvgIpc) is 2.46. The molecule has 1 saturated heterocycles. The zero-order valence-corrected chi connectivity index (χ0v) is 12.3. The van der Waals surface area contributed by atoms with E-state index in [0.717, 1.165) is 56.2 Å². The summed E-state index contributed by atoms with van der Waals surface area (Å²) >= 11 is 6.32. The molecular weight excluding hydrogens is 264 g/mol. The van der Waals surface area contributed by atoms with Gasteiger partial charge in [-0.05, 0) is 12.5 Å². The molecule has 0 unspecified atom stereocenters. The molecule has 1 aliphatic heterocycles. The number of nitrogens with zero attached hydrogens (tertiary/aromatic N) is 1. The van der Waals surface area contributed by atoms with Crippen LogP contribution in [0.25, 0.3) is 0 Å². The molecule has 19 heavy (non-hydrogen) atoms. The number of halogens is 1. The van der Waals surface area contributed by atoms with E-state index >= 15 is 0 Å². The number of hydrogen-bond donors (Lipinski definition) is 1. The molecule has 0 saturated carbocycles. The molecule has 1 N–H and O–H groups in total. The Kier molecular flexibility index (Phi) is 5.31. The zero-order chi connectivity index (χ0) is 13.7. The fourth-order valence-corrected chi connectivity index (χ4v) is 2.63. The Bertz CT molecular complexity index is 420. The van der Waals surface area contributed by atoms with Gasteiger partial charge in [0.25, 0.3) is 0 Å². The normalized spacial score (nSPS) is 16.4. The molecule has 0 atom stereocenters. The van der Waals surface area contributed by atoms with Gasteiger partial charge in [-0.3, -0.25) is 0 Å². The summed E-state index contributed by atoms with van der Waals surface area (Å²) in [6, 6.07) is 3.73. The van der Waals surface area contributed by atoms with Crippen molar-refractivity contribution in [3.05, 3.63) is 22.7 Å². The number of nitrogens with one attached hydrogen (secondary N) is 1. The van der Waals surface area contributed by atoms with Gasteiger partial charge in [0.1, 0.15) is 11.5 Å². The van der Waals surface area contributed by atoms with E-state index < -0.39 is 0 Å². The molecule has 0 aliphatic carbocycles. The van der Waals surface area contributed by atoms with Crippen molar-refractivity contribution in [3.8, 4) is 11.5 Å². The average molecular weight is 285 g/mol. The number of rotatable bonds is 5. The first-order valence-electron chi connectivity index (χ1n) is 6.58. The predicted octanol–water partition coefficient (Wildman–Crippen LogP) is 1.80. The lowest BCUT2D eigenvalue weighted by Crippen LogP contribution is -2.44. The second kappa shape index (κ2) is 6.98. The Hall–Kier alpha value is -0.970. The van der Waals surface area contributed by atoms with Gasteiger partial charge < -0.3 is 19.7 Å². The Morgan fingerprint density at radius 2 is 1.95 bits per heavy atom. The lowest BCUT2D eigenvalue weighted by Gasteiger charge is -2.27. The van der Waals surface area contributed by atoms with Crippen LogP contribution in [-0.4, -0.2) is 51.8 Å². The summed E-state index contributed by atoms with van der Waals surface area (Å²) in [6.07, 6.45) is 0.895. The maximum absolute atomic E-state index is 6.32. The summed E-state index contributed by atoms with van der Waals surface area (Å²) in [4.78, 5) is 2.44. The quantitative estimate of drug-likeness (QED) is 0.894. The Balaban J connectivity index is 2.05. The van der Waals surface area contributed by atoms with Gasteiger partial charge in [-0.25, -0.2) is 0 Å². The molecule has 1 heterocycles. The third-order valence-electron chi connectivity index (χ3n) is 3.47. The summed E-state index contributed by atoms with van der Waals surface area (Å²) in [7, 11) is 3.30. The standard InChI is InChI=1S/C14H21ClN2O2/c1-18-11-9-13(15)12(14(10-11)19-2)3-6-17-7-4-16-5-8-17/h9-10,16H,3-8H2,1-2H3. The van der Waals surface area contributed by atoms with Crippen LogP contribution in [0.5, 0.6) is 11.5 Å². The highest BCUT2D eigenvalue weighted by Gasteiger charge is 2.14. The van der Waals surface area contributed by atoms with E-state index in [1.54, 1.807) is 14.2 Å². The minimum atomic E-state index is 0.714. The van der Waals surface area contributed by atoms with Crippen LogP contribution >= 0.6 is 11.6 Å². The second-order valence-electron chi connectivity index (χ2n) is 4.63. The molecule has 1 aliphatic rings. The first kappa shape index (κ1) is 14.4. The Labute approximate surface area is 119 Å².